The Kier molecular flexibility index (Phi) is 3.08. The smallest absolute Gasteiger partial charge is 0.224 e. The average Bonchev–Trinajstić information content (AvgIpc) is 1.85. The highest BCUT2D eigenvalue weighted by Crippen LogP contribution is 2.08. The van der Waals surface area contributed by atoms with Crippen molar-refractivity contribution < 1.29 is 0 Å². The van der Waals surface area contributed by atoms with Gasteiger partial charge in [-0.1, -0.05) is 11.6 Å². The zero-order valence-corrected chi connectivity index (χ0v) is 8.22. The molecule has 1 aromatic heterocycles. The maximum Gasteiger partial charge on any atom is 0.224 e. The van der Waals surface area contributed by atoms with Gasteiger partial charge in [-0.2, -0.15) is 0 Å². The van der Waals surface area contributed by atoms with Gasteiger partial charge in [-0.3, -0.25) is 0 Å². The molecule has 0 bridgehead atoms. The van der Waals surface area contributed by atoms with Crippen molar-refractivity contribution in [1.82, 2.24) is 9.97 Å². The van der Waals surface area contributed by atoms with Crippen molar-refractivity contribution in [3.8, 4) is 0 Å². The van der Waals surface area contributed by atoms with Crippen LogP contribution in [0.2, 0.25) is 0 Å². The van der Waals surface area contributed by atoms with E-state index in [2.05, 4.69) is 31.2 Å². The normalized spacial score (nSPS) is 12.6. The van der Waals surface area contributed by atoms with E-state index in [1.165, 1.54) is 0 Å². The molecule has 3 nitrogen and oxygen atoms in total. The minimum Gasteiger partial charge on any atom is -0.338 e. The van der Waals surface area contributed by atoms with Gasteiger partial charge in [0.2, 0.25) is 5.95 Å². The van der Waals surface area contributed by atoms with Crippen LogP contribution < -0.4 is 5.32 Å². The van der Waals surface area contributed by atoms with Gasteiger partial charge in [0.05, 0.1) is 0 Å². The number of rotatable bonds is 2. The molecule has 11 heavy (non-hydrogen) atoms. The summed E-state index contributed by atoms with van der Waals surface area (Å²) in [6, 6.07) is 1.75. The van der Waals surface area contributed by atoms with Crippen LogP contribution in [0.3, 0.4) is 0 Å². The van der Waals surface area contributed by atoms with Crippen LogP contribution in [-0.2, 0) is 0 Å². The highest BCUT2D eigenvalue weighted by Gasteiger charge is 1.98. The molecule has 0 spiro atoms. The Morgan fingerprint density at radius 2 is 2.45 bits per heavy atom. The van der Waals surface area contributed by atoms with Crippen molar-refractivity contribution in [3.05, 3.63) is 16.9 Å². The summed E-state index contributed by atoms with van der Waals surface area (Å²) in [5.41, 5.74) is -0.163. The van der Waals surface area contributed by atoms with Crippen molar-refractivity contribution in [3.63, 3.8) is 0 Å². The fourth-order valence-corrected chi connectivity index (χ4v) is 0.968. The molecule has 0 aliphatic carbocycles. The monoisotopic (exact) mass is 235 g/mol. The second-order valence-electron chi connectivity index (χ2n) is 1.96. The summed E-state index contributed by atoms with van der Waals surface area (Å²) in [4.78, 5) is 7.97. The van der Waals surface area contributed by atoms with Crippen LogP contribution in [0.4, 0.5) is 5.95 Å². The zero-order valence-electron chi connectivity index (χ0n) is 5.88. The lowest BCUT2D eigenvalue weighted by molar-refractivity contribution is 1.02. The summed E-state index contributed by atoms with van der Waals surface area (Å²) in [5.74, 6) is 0.530. The predicted molar refractivity (Wildman–Crippen MR) is 48.7 cm³/mol. The van der Waals surface area contributed by atoms with E-state index in [0.29, 0.717) is 5.95 Å². The van der Waals surface area contributed by atoms with Gasteiger partial charge in [0.25, 0.3) is 0 Å². The summed E-state index contributed by atoms with van der Waals surface area (Å²) in [5, 5.41) is 2.86. The van der Waals surface area contributed by atoms with E-state index in [4.69, 9.17) is 11.6 Å². The number of nitrogens with one attached hydrogen (secondary N) is 1. The third-order valence-corrected chi connectivity index (χ3v) is 1.50. The summed E-state index contributed by atoms with van der Waals surface area (Å²) in [7, 11) is 0. The number of anilines is 1. The van der Waals surface area contributed by atoms with Crippen molar-refractivity contribution in [1.29, 1.82) is 0 Å². The number of hydrogen-bond donors (Lipinski definition) is 1. The molecule has 1 unspecified atom stereocenters. The fourth-order valence-electron chi connectivity index (χ4n) is 0.584. The van der Waals surface area contributed by atoms with Crippen LogP contribution in [0.1, 0.15) is 6.92 Å². The quantitative estimate of drug-likeness (QED) is 0.486. The summed E-state index contributed by atoms with van der Waals surface area (Å²) in [6.45, 7) is 1.81. The van der Waals surface area contributed by atoms with E-state index < -0.39 is 0 Å². The molecule has 1 heterocycles. The largest absolute Gasteiger partial charge is 0.338 e. The fraction of sp³-hybridized carbons (Fsp3) is 0.333. The van der Waals surface area contributed by atoms with Gasteiger partial charge in [-0.05, 0) is 28.9 Å². The highest BCUT2D eigenvalue weighted by molar-refractivity contribution is 9.10. The van der Waals surface area contributed by atoms with Gasteiger partial charge in [0.1, 0.15) is 10.1 Å². The molecule has 0 saturated heterocycles. The van der Waals surface area contributed by atoms with E-state index in [1.807, 2.05) is 6.92 Å². The third kappa shape index (κ3) is 3.03. The van der Waals surface area contributed by atoms with Crippen molar-refractivity contribution in [2.45, 2.75) is 12.4 Å². The van der Waals surface area contributed by atoms with E-state index in [9.17, 15) is 0 Å². The lowest BCUT2D eigenvalue weighted by Gasteiger charge is -2.04. The molecule has 0 radical (unpaired) electrons. The molecule has 1 rings (SSSR count). The lowest BCUT2D eigenvalue weighted by Crippen LogP contribution is -2.09. The molecular weight excluding hydrogens is 229 g/mol. The summed E-state index contributed by atoms with van der Waals surface area (Å²) < 4.78 is 0.743. The number of hydrogen-bond acceptors (Lipinski definition) is 3. The lowest BCUT2D eigenvalue weighted by atomic mass is 10.6. The van der Waals surface area contributed by atoms with E-state index in [-0.39, 0.29) is 5.50 Å². The van der Waals surface area contributed by atoms with Crippen molar-refractivity contribution >= 4 is 33.5 Å². The molecule has 0 saturated carbocycles. The Labute approximate surface area is 78.3 Å². The molecular formula is C6H7BrClN3. The Bertz CT molecular complexity index is 241. The molecule has 1 atom stereocenters. The first-order valence-electron chi connectivity index (χ1n) is 3.07. The number of alkyl halides is 1. The highest BCUT2D eigenvalue weighted by atomic mass is 79.9. The van der Waals surface area contributed by atoms with Crippen LogP contribution in [0.25, 0.3) is 0 Å². The number of aromatic nitrogens is 2. The second kappa shape index (κ2) is 3.88. The molecule has 0 aromatic carbocycles. The number of halogens is 2. The molecule has 0 fully saturated rings. The standard InChI is InChI=1S/C6H7BrClN3/c1-4(8)10-6-9-3-2-5(7)11-6/h2-4H,1H3,(H,9,10,11). The van der Waals surface area contributed by atoms with Crippen LogP contribution in [0.5, 0.6) is 0 Å². The average molecular weight is 236 g/mol. The first kappa shape index (κ1) is 8.74. The Morgan fingerprint density at radius 3 is 3.00 bits per heavy atom. The molecule has 60 valence electrons. The van der Waals surface area contributed by atoms with Gasteiger partial charge in [0.15, 0.2) is 0 Å². The Hall–Kier alpha value is -0.350. The molecule has 5 heteroatoms. The van der Waals surface area contributed by atoms with Gasteiger partial charge in [0, 0.05) is 6.20 Å². The van der Waals surface area contributed by atoms with Crippen LogP contribution in [0.15, 0.2) is 16.9 Å². The van der Waals surface area contributed by atoms with Crippen LogP contribution in [-0.4, -0.2) is 15.5 Å². The first-order chi connectivity index (χ1) is 5.18. The van der Waals surface area contributed by atoms with E-state index >= 15 is 0 Å². The van der Waals surface area contributed by atoms with Gasteiger partial charge in [-0.25, -0.2) is 9.97 Å². The van der Waals surface area contributed by atoms with E-state index in [1.54, 1.807) is 12.3 Å². The summed E-state index contributed by atoms with van der Waals surface area (Å²) >= 11 is 8.88. The Balaban J connectivity index is 2.71. The second-order valence-corrected chi connectivity index (χ2v) is 3.43. The molecule has 0 amide bonds. The van der Waals surface area contributed by atoms with Gasteiger partial charge < -0.3 is 5.32 Å². The zero-order chi connectivity index (χ0) is 8.27. The topological polar surface area (TPSA) is 37.8 Å². The maximum atomic E-state index is 5.66. The van der Waals surface area contributed by atoms with Crippen molar-refractivity contribution in [2.24, 2.45) is 0 Å². The molecule has 0 aliphatic heterocycles. The Morgan fingerprint density at radius 1 is 1.73 bits per heavy atom. The minimum absolute atomic E-state index is 0.163. The van der Waals surface area contributed by atoms with Crippen LogP contribution in [0, 0.1) is 0 Å². The maximum absolute atomic E-state index is 5.66. The van der Waals surface area contributed by atoms with E-state index in [0.717, 1.165) is 4.60 Å². The number of nitrogens with zero attached hydrogens (tertiary/aromatic N) is 2. The molecule has 1 N–H and O–H groups in total. The van der Waals surface area contributed by atoms with Gasteiger partial charge in [-0.15, -0.1) is 0 Å². The first-order valence-corrected chi connectivity index (χ1v) is 4.30. The SMILES string of the molecule is CC(Cl)Nc1nccc(Br)n1. The van der Waals surface area contributed by atoms with Crippen LogP contribution >= 0.6 is 27.5 Å². The van der Waals surface area contributed by atoms with Gasteiger partial charge >= 0.3 is 0 Å². The summed E-state index contributed by atoms with van der Waals surface area (Å²) in [6.07, 6.45) is 1.65. The molecule has 0 aliphatic rings. The van der Waals surface area contributed by atoms with Crippen molar-refractivity contribution in [2.75, 3.05) is 5.32 Å². The third-order valence-electron chi connectivity index (χ3n) is 0.950. The molecule has 1 aromatic rings. The predicted octanol–water partition coefficient (Wildman–Crippen LogP) is 2.24. The minimum atomic E-state index is -0.163.